The van der Waals surface area contributed by atoms with Crippen LogP contribution >= 0.6 is 24.0 Å². The van der Waals surface area contributed by atoms with Crippen molar-refractivity contribution in [2.45, 2.75) is 0 Å². The lowest BCUT2D eigenvalue weighted by atomic mass is 10.2. The molecule has 0 spiro atoms. The number of pyridine rings is 1. The van der Waals surface area contributed by atoms with Crippen LogP contribution in [0.5, 0.6) is 0 Å². The zero-order chi connectivity index (χ0) is 10.7. The minimum atomic E-state index is -0.0328. The molecule has 16 heavy (non-hydrogen) atoms. The number of hydrogen-bond acceptors (Lipinski definition) is 3. The van der Waals surface area contributed by atoms with Gasteiger partial charge in [0.15, 0.2) is 0 Å². The number of amides is 1. The van der Waals surface area contributed by atoms with Crippen molar-refractivity contribution in [2.75, 3.05) is 26.2 Å². The largest absolute Gasteiger partial charge is 0.336 e. The van der Waals surface area contributed by atoms with Crippen molar-refractivity contribution in [2.24, 2.45) is 0 Å². The molecule has 4 nitrogen and oxygen atoms in total. The monoisotopic (exact) mass is 261 g/mol. The highest BCUT2D eigenvalue weighted by atomic mass is 35.5. The van der Waals surface area contributed by atoms with Crippen LogP contribution in [-0.4, -0.2) is 42.0 Å². The third kappa shape index (κ3) is 2.84. The first-order valence-corrected chi connectivity index (χ1v) is 5.27. The molecule has 2 heterocycles. The maximum Gasteiger partial charge on any atom is 0.257 e. The van der Waals surface area contributed by atoms with Gasteiger partial charge in [-0.2, -0.15) is 0 Å². The molecule has 0 bridgehead atoms. The Labute approximate surface area is 105 Å². The fourth-order valence-corrected chi connectivity index (χ4v) is 1.78. The number of carbonyl (C=O) groups is 1. The Hall–Kier alpha value is -0.840. The molecule has 1 aliphatic rings. The van der Waals surface area contributed by atoms with E-state index in [-0.39, 0.29) is 23.5 Å². The predicted molar refractivity (Wildman–Crippen MR) is 65.3 cm³/mol. The second-order valence-electron chi connectivity index (χ2n) is 3.38. The Morgan fingerprint density at radius 3 is 2.75 bits per heavy atom. The molecule has 1 fully saturated rings. The van der Waals surface area contributed by atoms with Gasteiger partial charge >= 0.3 is 0 Å². The summed E-state index contributed by atoms with van der Waals surface area (Å²) in [6.07, 6.45) is 1.58. The van der Waals surface area contributed by atoms with E-state index < -0.39 is 0 Å². The van der Waals surface area contributed by atoms with Gasteiger partial charge < -0.3 is 10.2 Å². The van der Waals surface area contributed by atoms with E-state index in [4.69, 9.17) is 11.6 Å². The van der Waals surface area contributed by atoms with Crippen LogP contribution in [0.4, 0.5) is 0 Å². The van der Waals surface area contributed by atoms with E-state index in [0.29, 0.717) is 5.56 Å². The summed E-state index contributed by atoms with van der Waals surface area (Å²) in [5, 5.41) is 3.47. The Bertz CT molecular complexity index is 367. The van der Waals surface area contributed by atoms with Gasteiger partial charge in [0.2, 0.25) is 0 Å². The van der Waals surface area contributed by atoms with Crippen molar-refractivity contribution in [3.63, 3.8) is 0 Å². The smallest absolute Gasteiger partial charge is 0.257 e. The summed E-state index contributed by atoms with van der Waals surface area (Å²) in [4.78, 5) is 17.7. The van der Waals surface area contributed by atoms with E-state index in [0.717, 1.165) is 26.2 Å². The Morgan fingerprint density at radius 2 is 2.12 bits per heavy atom. The second-order valence-corrected chi connectivity index (χ2v) is 3.74. The van der Waals surface area contributed by atoms with Crippen molar-refractivity contribution in [1.82, 2.24) is 15.2 Å². The summed E-state index contributed by atoms with van der Waals surface area (Å²) >= 11 is 5.86. The molecule has 2 rings (SSSR count). The van der Waals surface area contributed by atoms with Gasteiger partial charge in [-0.05, 0) is 12.1 Å². The van der Waals surface area contributed by atoms with Gasteiger partial charge in [0.1, 0.15) is 5.15 Å². The first kappa shape index (κ1) is 13.2. The van der Waals surface area contributed by atoms with Crippen LogP contribution < -0.4 is 5.32 Å². The number of nitrogens with zero attached hydrogens (tertiary/aromatic N) is 2. The molecular weight excluding hydrogens is 249 g/mol. The van der Waals surface area contributed by atoms with Crippen LogP contribution in [-0.2, 0) is 0 Å². The van der Waals surface area contributed by atoms with Crippen LogP contribution in [0, 0.1) is 0 Å². The molecule has 0 atom stereocenters. The number of hydrogen-bond donors (Lipinski definition) is 1. The van der Waals surface area contributed by atoms with Gasteiger partial charge in [-0.3, -0.25) is 4.79 Å². The summed E-state index contributed by atoms with van der Waals surface area (Å²) < 4.78 is 0. The van der Waals surface area contributed by atoms with Crippen molar-refractivity contribution in [1.29, 1.82) is 0 Å². The molecular formula is C10H13Cl2N3O. The van der Waals surface area contributed by atoms with Crippen LogP contribution in [0.1, 0.15) is 10.4 Å². The van der Waals surface area contributed by atoms with Crippen molar-refractivity contribution < 1.29 is 4.79 Å². The summed E-state index contributed by atoms with van der Waals surface area (Å²) in [6, 6.07) is 3.43. The molecule has 88 valence electrons. The van der Waals surface area contributed by atoms with E-state index in [1.807, 2.05) is 0 Å². The Morgan fingerprint density at radius 1 is 1.44 bits per heavy atom. The van der Waals surface area contributed by atoms with Crippen molar-refractivity contribution >= 4 is 29.9 Å². The van der Waals surface area contributed by atoms with Crippen LogP contribution in [0.2, 0.25) is 5.15 Å². The number of carbonyl (C=O) groups excluding carboxylic acids is 1. The van der Waals surface area contributed by atoms with E-state index in [9.17, 15) is 4.79 Å². The number of halogens is 2. The highest BCUT2D eigenvalue weighted by Crippen LogP contribution is 2.14. The predicted octanol–water partition coefficient (Wildman–Crippen LogP) is 1.20. The van der Waals surface area contributed by atoms with E-state index in [1.54, 1.807) is 23.2 Å². The number of aromatic nitrogens is 1. The molecule has 0 saturated carbocycles. The lowest BCUT2D eigenvalue weighted by molar-refractivity contribution is 0.0735. The van der Waals surface area contributed by atoms with Gasteiger partial charge in [-0.1, -0.05) is 11.6 Å². The van der Waals surface area contributed by atoms with Crippen molar-refractivity contribution in [3.8, 4) is 0 Å². The molecule has 0 aromatic carbocycles. The van der Waals surface area contributed by atoms with E-state index in [2.05, 4.69) is 10.3 Å². The summed E-state index contributed by atoms with van der Waals surface area (Å²) in [5.41, 5.74) is 0.487. The third-order valence-electron chi connectivity index (χ3n) is 2.39. The normalized spacial score (nSPS) is 15.4. The van der Waals surface area contributed by atoms with Gasteiger partial charge in [-0.25, -0.2) is 4.98 Å². The first-order valence-electron chi connectivity index (χ1n) is 4.89. The minimum absolute atomic E-state index is 0. The van der Waals surface area contributed by atoms with Gasteiger partial charge in [0, 0.05) is 32.4 Å². The summed E-state index contributed by atoms with van der Waals surface area (Å²) in [5.74, 6) is -0.0328. The maximum absolute atomic E-state index is 12.0. The molecule has 1 aromatic heterocycles. The molecule has 1 N–H and O–H groups in total. The van der Waals surface area contributed by atoms with Gasteiger partial charge in [0.25, 0.3) is 5.91 Å². The molecule has 0 radical (unpaired) electrons. The second kappa shape index (κ2) is 6.03. The third-order valence-corrected chi connectivity index (χ3v) is 2.69. The standard InChI is InChI=1S/C10H12ClN3O.ClH/c11-9-8(2-1-3-13-9)10(15)14-6-4-12-5-7-14;/h1-3,12H,4-7H2;1H. The fraction of sp³-hybridized carbons (Fsp3) is 0.400. The van der Waals surface area contributed by atoms with Crippen molar-refractivity contribution in [3.05, 3.63) is 29.0 Å². The quantitative estimate of drug-likeness (QED) is 0.773. The highest BCUT2D eigenvalue weighted by molar-refractivity contribution is 6.32. The van der Waals surface area contributed by atoms with E-state index in [1.165, 1.54) is 0 Å². The summed E-state index contributed by atoms with van der Waals surface area (Å²) in [6.45, 7) is 3.13. The number of rotatable bonds is 1. The molecule has 0 aliphatic carbocycles. The molecule has 1 amide bonds. The lowest BCUT2D eigenvalue weighted by Crippen LogP contribution is -2.46. The van der Waals surface area contributed by atoms with Crippen LogP contribution in [0.3, 0.4) is 0 Å². The number of piperazine rings is 1. The Kier molecular flexibility index (Phi) is 4.99. The van der Waals surface area contributed by atoms with E-state index >= 15 is 0 Å². The van der Waals surface area contributed by atoms with Crippen LogP contribution in [0.15, 0.2) is 18.3 Å². The Balaban J connectivity index is 0.00000128. The first-order chi connectivity index (χ1) is 7.29. The highest BCUT2D eigenvalue weighted by Gasteiger charge is 2.19. The SMILES string of the molecule is Cl.O=C(c1cccnc1Cl)N1CCNCC1. The molecule has 6 heteroatoms. The lowest BCUT2D eigenvalue weighted by Gasteiger charge is -2.27. The van der Waals surface area contributed by atoms with Gasteiger partial charge in [-0.15, -0.1) is 12.4 Å². The molecule has 1 aromatic rings. The average Bonchev–Trinajstić information content (AvgIpc) is 2.30. The minimum Gasteiger partial charge on any atom is -0.336 e. The molecule has 1 aliphatic heterocycles. The average molecular weight is 262 g/mol. The van der Waals surface area contributed by atoms with Gasteiger partial charge in [0.05, 0.1) is 5.56 Å². The van der Waals surface area contributed by atoms with Crippen LogP contribution in [0.25, 0.3) is 0 Å². The molecule has 0 unspecified atom stereocenters. The zero-order valence-corrected chi connectivity index (χ0v) is 10.2. The maximum atomic E-state index is 12.0. The zero-order valence-electron chi connectivity index (χ0n) is 8.65. The summed E-state index contributed by atoms with van der Waals surface area (Å²) in [7, 11) is 0. The number of nitrogens with one attached hydrogen (secondary N) is 1. The fourth-order valence-electron chi connectivity index (χ4n) is 1.58. The topological polar surface area (TPSA) is 45.2 Å². The molecule has 1 saturated heterocycles.